The number of aromatic nitrogens is 1. The van der Waals surface area contributed by atoms with Crippen molar-refractivity contribution in [2.75, 3.05) is 18.9 Å². The Morgan fingerprint density at radius 3 is 2.61 bits per heavy atom. The highest BCUT2D eigenvalue weighted by molar-refractivity contribution is 6.07. The molecule has 198 valence electrons. The normalized spacial score (nSPS) is 21.3. The molecule has 0 aliphatic carbocycles. The lowest BCUT2D eigenvalue weighted by atomic mass is 9.80. The van der Waals surface area contributed by atoms with Crippen molar-refractivity contribution in [2.24, 2.45) is 5.92 Å². The van der Waals surface area contributed by atoms with Gasteiger partial charge in [-0.15, -0.1) is 0 Å². The van der Waals surface area contributed by atoms with E-state index < -0.39 is 17.5 Å². The van der Waals surface area contributed by atoms with Crippen LogP contribution in [0.5, 0.6) is 0 Å². The van der Waals surface area contributed by atoms with Crippen molar-refractivity contribution < 1.29 is 14.4 Å². The molecule has 3 unspecified atom stereocenters. The van der Waals surface area contributed by atoms with Crippen molar-refractivity contribution in [1.29, 1.82) is 5.26 Å². The molecule has 1 spiro atoms. The number of anilines is 1. The zero-order valence-electron chi connectivity index (χ0n) is 22.6. The summed E-state index contributed by atoms with van der Waals surface area (Å²) >= 11 is 0. The van der Waals surface area contributed by atoms with Gasteiger partial charge in [0.2, 0.25) is 11.8 Å². The average molecular weight is 514 g/mol. The van der Waals surface area contributed by atoms with Gasteiger partial charge in [0.15, 0.2) is 0 Å². The summed E-state index contributed by atoms with van der Waals surface area (Å²) in [6.07, 6.45) is 8.27. The lowest BCUT2D eigenvalue weighted by molar-refractivity contribution is -0.136. The number of benzene rings is 1. The van der Waals surface area contributed by atoms with Crippen molar-refractivity contribution in [1.82, 2.24) is 14.8 Å². The topological polar surface area (TPSA) is 109 Å². The first kappa shape index (κ1) is 26.9. The van der Waals surface area contributed by atoms with Crippen LogP contribution in [0.3, 0.4) is 0 Å². The number of fused-ring (bicyclic) bond motifs is 2. The molecule has 2 aliphatic rings. The summed E-state index contributed by atoms with van der Waals surface area (Å²) in [5, 5.41) is 12.9. The molecule has 2 N–H and O–H groups in total. The summed E-state index contributed by atoms with van der Waals surface area (Å²) in [5.74, 6) is -0.702. The standard InChI is InChI=1S/C30H35N5O3/c1-6-10-20-15-25(32-23(20)11-7-2)27(36)34(5)26(14-19(3)4)28(37)35-18-30(16-21(35)17-31)22-12-8-9-13-24(22)33-29(30)38/h6-13,15,19,21,26,32H,14,16,18H2,1-5H3,(H,33,38)/b10-6-,11-7-. The molecule has 2 aromatic rings. The third-order valence-corrected chi connectivity index (χ3v) is 7.47. The molecule has 8 heteroatoms. The van der Waals surface area contributed by atoms with Crippen LogP contribution in [0, 0.1) is 17.2 Å². The van der Waals surface area contributed by atoms with E-state index in [0.29, 0.717) is 12.1 Å². The molecule has 1 fully saturated rings. The number of allylic oxidation sites excluding steroid dienone is 2. The fourth-order valence-corrected chi connectivity index (χ4v) is 5.60. The van der Waals surface area contributed by atoms with Gasteiger partial charge < -0.3 is 20.1 Å². The molecule has 38 heavy (non-hydrogen) atoms. The molecule has 3 amide bonds. The van der Waals surface area contributed by atoms with Gasteiger partial charge in [-0.25, -0.2) is 0 Å². The Balaban J connectivity index is 1.66. The van der Waals surface area contributed by atoms with Gasteiger partial charge in [0.1, 0.15) is 17.8 Å². The smallest absolute Gasteiger partial charge is 0.270 e. The predicted octanol–water partition coefficient (Wildman–Crippen LogP) is 4.58. The second-order valence-corrected chi connectivity index (χ2v) is 10.5. The van der Waals surface area contributed by atoms with Gasteiger partial charge in [0, 0.05) is 31.4 Å². The zero-order valence-corrected chi connectivity index (χ0v) is 22.6. The number of carbonyl (C=O) groups is 3. The quantitative estimate of drug-likeness (QED) is 0.565. The highest BCUT2D eigenvalue weighted by Gasteiger charge is 2.56. The number of nitrogens with one attached hydrogen (secondary N) is 2. The van der Waals surface area contributed by atoms with E-state index >= 15 is 0 Å². The maximum atomic E-state index is 14.1. The Labute approximate surface area is 224 Å². The van der Waals surface area contributed by atoms with Gasteiger partial charge in [-0.3, -0.25) is 14.4 Å². The number of aromatic amines is 1. The molecular formula is C30H35N5O3. The maximum Gasteiger partial charge on any atom is 0.270 e. The molecule has 8 nitrogen and oxygen atoms in total. The first-order valence-corrected chi connectivity index (χ1v) is 13.0. The van der Waals surface area contributed by atoms with E-state index in [0.717, 1.165) is 22.5 Å². The maximum absolute atomic E-state index is 14.1. The SMILES string of the molecule is C/C=C\c1cc(C(=O)N(C)C(CC(C)C)C(=O)N2CC3(CC2C#N)C(=O)Nc2ccccc23)[nH]c1/C=C\C. The monoisotopic (exact) mass is 513 g/mol. The number of likely N-dealkylation sites (tertiary alicyclic amines) is 1. The molecule has 1 aromatic carbocycles. The second kappa shape index (κ2) is 10.7. The number of likely N-dealkylation sites (N-methyl/N-ethyl adjacent to an activating group) is 1. The number of hydrogen-bond acceptors (Lipinski definition) is 4. The highest BCUT2D eigenvalue weighted by Crippen LogP contribution is 2.46. The molecular weight excluding hydrogens is 478 g/mol. The molecule has 0 radical (unpaired) electrons. The van der Waals surface area contributed by atoms with Gasteiger partial charge in [0.05, 0.1) is 11.5 Å². The van der Waals surface area contributed by atoms with Crippen molar-refractivity contribution in [3.8, 4) is 6.07 Å². The van der Waals surface area contributed by atoms with Gasteiger partial charge in [-0.1, -0.05) is 50.3 Å². The summed E-state index contributed by atoms with van der Waals surface area (Å²) in [4.78, 5) is 47.0. The Morgan fingerprint density at radius 2 is 1.95 bits per heavy atom. The Kier molecular flexibility index (Phi) is 7.58. The molecule has 0 bridgehead atoms. The Morgan fingerprint density at radius 1 is 1.24 bits per heavy atom. The molecule has 1 aromatic heterocycles. The lowest BCUT2D eigenvalue weighted by Crippen LogP contribution is -2.52. The van der Waals surface area contributed by atoms with E-state index in [9.17, 15) is 19.6 Å². The summed E-state index contributed by atoms with van der Waals surface area (Å²) in [6.45, 7) is 7.91. The fraction of sp³-hybridized carbons (Fsp3) is 0.400. The van der Waals surface area contributed by atoms with E-state index in [-0.39, 0.29) is 36.6 Å². The van der Waals surface area contributed by atoms with Gasteiger partial charge in [-0.2, -0.15) is 5.26 Å². The first-order chi connectivity index (χ1) is 18.2. The number of H-pyrrole nitrogens is 1. The van der Waals surface area contributed by atoms with Crippen molar-refractivity contribution >= 4 is 35.6 Å². The van der Waals surface area contributed by atoms with E-state index in [1.165, 1.54) is 9.80 Å². The minimum atomic E-state index is -0.972. The molecule has 2 aliphatic heterocycles. The first-order valence-electron chi connectivity index (χ1n) is 13.0. The van der Waals surface area contributed by atoms with Gasteiger partial charge in [-0.05, 0) is 55.5 Å². The van der Waals surface area contributed by atoms with Crippen molar-refractivity contribution in [2.45, 2.75) is 58.0 Å². The van der Waals surface area contributed by atoms with Crippen LogP contribution in [0.1, 0.15) is 67.8 Å². The van der Waals surface area contributed by atoms with Gasteiger partial charge in [0.25, 0.3) is 5.91 Å². The molecule has 0 saturated carbocycles. The number of carbonyl (C=O) groups excluding carboxylic acids is 3. The van der Waals surface area contributed by atoms with Crippen LogP contribution in [0.4, 0.5) is 5.69 Å². The third-order valence-electron chi connectivity index (χ3n) is 7.47. The largest absolute Gasteiger partial charge is 0.351 e. The van der Waals surface area contributed by atoms with Crippen LogP contribution < -0.4 is 5.32 Å². The average Bonchev–Trinajstić information content (AvgIpc) is 3.56. The number of para-hydroxylation sites is 1. The number of nitrogens with zero attached hydrogens (tertiary/aromatic N) is 3. The fourth-order valence-electron chi connectivity index (χ4n) is 5.60. The summed E-state index contributed by atoms with van der Waals surface area (Å²) in [7, 11) is 1.63. The van der Waals surface area contributed by atoms with E-state index in [4.69, 9.17) is 0 Å². The second-order valence-electron chi connectivity index (χ2n) is 10.5. The number of rotatable bonds is 7. The Bertz CT molecular complexity index is 1320. The molecule has 4 rings (SSSR count). The minimum absolute atomic E-state index is 0.100. The number of nitriles is 1. The zero-order chi connectivity index (χ0) is 27.6. The summed E-state index contributed by atoms with van der Waals surface area (Å²) in [5.41, 5.74) is 2.63. The van der Waals surface area contributed by atoms with Crippen LogP contribution in [0.15, 0.2) is 42.5 Å². The number of amides is 3. The molecule has 3 heterocycles. The highest BCUT2D eigenvalue weighted by atomic mass is 16.2. The third kappa shape index (κ3) is 4.65. The number of hydrogen-bond donors (Lipinski definition) is 2. The van der Waals surface area contributed by atoms with Crippen LogP contribution in [-0.2, 0) is 15.0 Å². The van der Waals surface area contributed by atoms with E-state index in [2.05, 4.69) is 16.4 Å². The molecule has 3 atom stereocenters. The van der Waals surface area contributed by atoms with Crippen LogP contribution in [0.25, 0.3) is 12.2 Å². The summed E-state index contributed by atoms with van der Waals surface area (Å²) in [6, 6.07) is 9.90. The van der Waals surface area contributed by atoms with Crippen molar-refractivity contribution in [3.63, 3.8) is 0 Å². The van der Waals surface area contributed by atoms with E-state index in [1.807, 2.05) is 76.3 Å². The van der Waals surface area contributed by atoms with Crippen LogP contribution >= 0.6 is 0 Å². The van der Waals surface area contributed by atoms with E-state index in [1.54, 1.807) is 13.1 Å². The molecule has 1 saturated heterocycles. The van der Waals surface area contributed by atoms with Crippen molar-refractivity contribution in [3.05, 3.63) is 65.0 Å². The predicted molar refractivity (Wildman–Crippen MR) is 148 cm³/mol. The summed E-state index contributed by atoms with van der Waals surface area (Å²) < 4.78 is 0. The lowest BCUT2D eigenvalue weighted by Gasteiger charge is -2.33. The Hall–Kier alpha value is -4.12. The van der Waals surface area contributed by atoms with Gasteiger partial charge >= 0.3 is 0 Å². The van der Waals surface area contributed by atoms with Crippen LogP contribution in [0.2, 0.25) is 0 Å². The van der Waals surface area contributed by atoms with Crippen LogP contribution in [-0.4, -0.2) is 58.2 Å². The minimum Gasteiger partial charge on any atom is -0.351 e.